The molecule has 7 N–H and O–H groups in total. The highest BCUT2D eigenvalue weighted by atomic mass is 19.4. The number of carbonyl (C=O) groups is 5. The van der Waals surface area contributed by atoms with Crippen molar-refractivity contribution in [1.82, 2.24) is 35.9 Å². The number of aromatic amines is 1. The molecule has 73 heavy (non-hydrogen) atoms. The number of anilines is 2. The van der Waals surface area contributed by atoms with E-state index >= 15 is 0 Å². The lowest BCUT2D eigenvalue weighted by Crippen LogP contribution is -2.42. The number of hydrogen-bond donors (Lipinski definition) is 6. The smallest absolute Gasteiger partial charge is 0.471 e. The van der Waals surface area contributed by atoms with Crippen LogP contribution < -0.4 is 32.1 Å². The first-order valence-corrected chi connectivity index (χ1v) is 23.5. The van der Waals surface area contributed by atoms with Gasteiger partial charge < -0.3 is 69.4 Å². The van der Waals surface area contributed by atoms with Gasteiger partial charge >= 0.3 is 18.1 Å². The number of halogens is 3. The molecule has 1 atom stereocenters. The van der Waals surface area contributed by atoms with E-state index in [1.165, 1.54) is 0 Å². The predicted molar refractivity (Wildman–Crippen MR) is 252 cm³/mol. The zero-order valence-electron chi connectivity index (χ0n) is 40.7. The standard InChI is InChI=1S/C45H66F3N9O16/c1-2-12-65-14-16-67-18-20-69-22-24-71-26-28-73-29-27-72-25-23-70-21-19-68-17-15-66-13-9-37(59)51-11-10-50-36(58)8-7-35(42(62)63)54-40(60)32-3-5-34(6-4-32)57(43(64)45(46,47)48)31-33-30-52-39-38(53-33)41(61)56-44(49)55-39/h3-6,30,35H,2,7-29,31H2,1H3,(H,50,58)(H,51,59)(H,54,60)(H,62,63)(H3,49,52,55,56,61)/t35-/m0/s1. The number of aromatic nitrogens is 4. The number of nitrogen functional groups attached to an aromatic ring is 1. The quantitative estimate of drug-likeness (QED) is 0.0422. The van der Waals surface area contributed by atoms with Crippen LogP contribution in [-0.4, -0.2) is 199 Å². The molecule has 0 bridgehead atoms. The van der Waals surface area contributed by atoms with Gasteiger partial charge in [0.25, 0.3) is 11.5 Å². The monoisotopic (exact) mass is 1050 g/mol. The number of nitrogens with two attached hydrogens (primary N) is 1. The van der Waals surface area contributed by atoms with E-state index in [-0.39, 0.29) is 85.5 Å². The van der Waals surface area contributed by atoms with Gasteiger partial charge in [0.05, 0.1) is 131 Å². The van der Waals surface area contributed by atoms with Gasteiger partial charge in [0.2, 0.25) is 17.8 Å². The summed E-state index contributed by atoms with van der Waals surface area (Å²) in [4.78, 5) is 88.2. The van der Waals surface area contributed by atoms with Gasteiger partial charge in [0, 0.05) is 43.8 Å². The molecule has 0 saturated carbocycles. The van der Waals surface area contributed by atoms with Crippen LogP contribution in [0.3, 0.4) is 0 Å². The molecule has 408 valence electrons. The number of amides is 4. The third-order valence-corrected chi connectivity index (χ3v) is 9.57. The van der Waals surface area contributed by atoms with Crippen LogP contribution in [0.5, 0.6) is 0 Å². The molecule has 0 radical (unpaired) electrons. The Morgan fingerprint density at radius 3 is 1.59 bits per heavy atom. The first-order chi connectivity index (χ1) is 35.2. The lowest BCUT2D eigenvalue weighted by molar-refractivity contribution is -0.170. The van der Waals surface area contributed by atoms with Crippen molar-refractivity contribution in [3.05, 3.63) is 52.1 Å². The predicted octanol–water partition coefficient (Wildman–Crippen LogP) is 0.536. The summed E-state index contributed by atoms with van der Waals surface area (Å²) >= 11 is 0. The Hall–Kier alpha value is -5.98. The van der Waals surface area contributed by atoms with E-state index in [2.05, 4.69) is 42.8 Å². The van der Waals surface area contributed by atoms with Crippen molar-refractivity contribution in [2.45, 2.75) is 51.4 Å². The fourth-order valence-corrected chi connectivity index (χ4v) is 5.96. The van der Waals surface area contributed by atoms with Crippen molar-refractivity contribution >= 4 is 52.4 Å². The van der Waals surface area contributed by atoms with E-state index in [0.717, 1.165) is 43.5 Å². The van der Waals surface area contributed by atoms with Crippen molar-refractivity contribution < 1.29 is 84.9 Å². The molecule has 0 aliphatic carbocycles. The Labute approximate surface area is 418 Å². The number of ether oxygens (including phenoxy) is 9. The second-order valence-corrected chi connectivity index (χ2v) is 15.3. The van der Waals surface area contributed by atoms with Gasteiger partial charge in [-0.05, 0) is 37.1 Å². The molecular formula is C45H66F3N9O16. The normalized spacial score (nSPS) is 11.9. The minimum Gasteiger partial charge on any atom is -0.480 e. The molecule has 3 aromatic rings. The maximum absolute atomic E-state index is 13.6. The molecule has 0 aliphatic heterocycles. The molecule has 3 rings (SSSR count). The van der Waals surface area contributed by atoms with E-state index in [9.17, 15) is 47.0 Å². The van der Waals surface area contributed by atoms with Gasteiger partial charge in [0.15, 0.2) is 11.2 Å². The second kappa shape index (κ2) is 36.0. The number of carboxylic acid groups (broad SMARTS) is 1. The van der Waals surface area contributed by atoms with E-state index in [1.807, 2.05) is 0 Å². The number of carbonyl (C=O) groups excluding carboxylic acids is 4. The summed E-state index contributed by atoms with van der Waals surface area (Å²) in [6, 6.07) is 2.64. The van der Waals surface area contributed by atoms with Crippen molar-refractivity contribution in [1.29, 1.82) is 0 Å². The fraction of sp³-hybridized carbons (Fsp3) is 0.622. The van der Waals surface area contributed by atoms with Crippen LogP contribution >= 0.6 is 0 Å². The zero-order chi connectivity index (χ0) is 53.1. The molecule has 25 nitrogen and oxygen atoms in total. The van der Waals surface area contributed by atoms with Gasteiger partial charge in [-0.1, -0.05) is 6.92 Å². The number of nitrogens with one attached hydrogen (secondary N) is 4. The summed E-state index contributed by atoms with van der Waals surface area (Å²) in [5.74, 6) is -5.83. The van der Waals surface area contributed by atoms with Crippen LogP contribution in [0.1, 0.15) is 48.7 Å². The summed E-state index contributed by atoms with van der Waals surface area (Å²) in [7, 11) is 0. The number of alkyl halides is 3. The molecule has 0 saturated heterocycles. The minimum absolute atomic E-state index is 0.0335. The second-order valence-electron chi connectivity index (χ2n) is 15.3. The van der Waals surface area contributed by atoms with Crippen molar-refractivity contribution in [2.24, 2.45) is 0 Å². The SMILES string of the molecule is CCCOCCOCCOCCOCCOCCOCCOCCOCCOCCC(=O)NCCNC(=O)CC[C@H](NC(=O)c1ccc(N(Cc2cnc3nc(N)[nH]c(=O)c3n2)C(=O)C(F)(F)F)cc1)C(=O)O. The number of nitrogens with zero attached hydrogens (tertiary/aromatic N) is 4. The number of hydrogen-bond acceptors (Lipinski definition) is 19. The van der Waals surface area contributed by atoms with E-state index in [0.29, 0.717) is 104 Å². The van der Waals surface area contributed by atoms with Gasteiger partial charge in [0.1, 0.15) is 6.04 Å². The van der Waals surface area contributed by atoms with Crippen molar-refractivity contribution in [3.8, 4) is 0 Å². The average molecular weight is 1050 g/mol. The van der Waals surface area contributed by atoms with Crippen LogP contribution in [0.4, 0.5) is 24.8 Å². The van der Waals surface area contributed by atoms with Crippen molar-refractivity contribution in [2.75, 3.05) is 143 Å². The largest absolute Gasteiger partial charge is 0.480 e. The van der Waals surface area contributed by atoms with E-state index in [1.54, 1.807) is 0 Å². The van der Waals surface area contributed by atoms with Gasteiger partial charge in [-0.2, -0.15) is 18.2 Å². The van der Waals surface area contributed by atoms with Crippen LogP contribution in [0, 0.1) is 0 Å². The van der Waals surface area contributed by atoms with Crippen LogP contribution in [0.25, 0.3) is 11.2 Å². The summed E-state index contributed by atoms with van der Waals surface area (Å²) in [5, 5.41) is 17.1. The molecule has 2 heterocycles. The summed E-state index contributed by atoms with van der Waals surface area (Å²) in [6.45, 7) is 9.27. The summed E-state index contributed by atoms with van der Waals surface area (Å²) < 4.78 is 89.7. The first-order valence-electron chi connectivity index (χ1n) is 23.5. The number of carboxylic acids is 1. The Morgan fingerprint density at radius 1 is 0.685 bits per heavy atom. The third kappa shape index (κ3) is 26.5. The molecule has 0 unspecified atom stereocenters. The lowest BCUT2D eigenvalue weighted by atomic mass is 10.1. The van der Waals surface area contributed by atoms with Crippen LogP contribution in [-0.2, 0) is 68.4 Å². The molecule has 2 aromatic heterocycles. The number of rotatable bonds is 41. The molecule has 1 aromatic carbocycles. The van der Waals surface area contributed by atoms with Gasteiger partial charge in [-0.3, -0.25) is 33.9 Å². The minimum atomic E-state index is -5.33. The van der Waals surface area contributed by atoms with Crippen LogP contribution in [0.15, 0.2) is 35.3 Å². The van der Waals surface area contributed by atoms with Gasteiger partial charge in [-0.25, -0.2) is 14.8 Å². The Balaban J connectivity index is 1.17. The number of H-pyrrole nitrogens is 1. The third-order valence-electron chi connectivity index (χ3n) is 9.57. The van der Waals surface area contributed by atoms with E-state index in [4.69, 9.17) is 48.4 Å². The first kappa shape index (κ1) is 61.3. The maximum Gasteiger partial charge on any atom is 0.471 e. The zero-order valence-corrected chi connectivity index (χ0v) is 40.7. The molecule has 0 spiro atoms. The highest BCUT2D eigenvalue weighted by molar-refractivity contribution is 5.99. The van der Waals surface area contributed by atoms with Crippen LogP contribution in [0.2, 0.25) is 0 Å². The fourth-order valence-electron chi connectivity index (χ4n) is 5.96. The molecule has 4 amide bonds. The summed E-state index contributed by atoms with van der Waals surface area (Å²) in [6.07, 6.45) is -3.91. The maximum atomic E-state index is 13.6. The van der Waals surface area contributed by atoms with E-state index < -0.39 is 48.0 Å². The highest BCUT2D eigenvalue weighted by Gasteiger charge is 2.43. The lowest BCUT2D eigenvalue weighted by Gasteiger charge is -2.24. The number of benzene rings is 1. The van der Waals surface area contributed by atoms with Gasteiger partial charge in [-0.15, -0.1) is 0 Å². The molecular weight excluding hydrogens is 980 g/mol. The topological polar surface area (TPSA) is 326 Å². The molecule has 0 fully saturated rings. The Morgan fingerprint density at radius 2 is 1.14 bits per heavy atom. The molecule has 28 heteroatoms. The van der Waals surface area contributed by atoms with Crippen molar-refractivity contribution in [3.63, 3.8) is 0 Å². The summed E-state index contributed by atoms with van der Waals surface area (Å²) in [5.41, 5.74) is 3.45. The Bertz CT molecular complexity index is 2160. The molecule has 0 aliphatic rings. The number of fused-ring (bicyclic) bond motifs is 1. The Kier molecular flexibility index (Phi) is 30.3. The average Bonchev–Trinajstić information content (AvgIpc) is 3.36. The highest BCUT2D eigenvalue weighted by Crippen LogP contribution is 2.26. The number of aliphatic carboxylic acids is 1.